The van der Waals surface area contributed by atoms with E-state index in [1.54, 1.807) is 0 Å². The summed E-state index contributed by atoms with van der Waals surface area (Å²) < 4.78 is 0. The van der Waals surface area contributed by atoms with Gasteiger partial charge in [0.2, 0.25) is 5.91 Å². The third-order valence-electron chi connectivity index (χ3n) is 2.61. The van der Waals surface area contributed by atoms with Gasteiger partial charge in [-0.15, -0.1) is 11.6 Å². The van der Waals surface area contributed by atoms with Crippen molar-refractivity contribution in [3.63, 3.8) is 0 Å². The average molecular weight is 219 g/mol. The second-order valence-electron chi connectivity index (χ2n) is 4.24. The molecule has 1 atom stereocenters. The molecule has 0 aliphatic carbocycles. The van der Waals surface area contributed by atoms with Gasteiger partial charge in [-0.25, -0.2) is 0 Å². The fourth-order valence-electron chi connectivity index (χ4n) is 2.04. The lowest BCUT2D eigenvalue weighted by molar-refractivity contribution is -0.130. The number of hydrogen-bond acceptors (Lipinski definition) is 2. The lowest BCUT2D eigenvalue weighted by Crippen LogP contribution is -2.43. The smallest absolute Gasteiger partial charge is 0.237 e. The fraction of sp³-hybridized carbons (Fsp3) is 0.900. The molecule has 0 aromatic carbocycles. The molecule has 82 valence electrons. The van der Waals surface area contributed by atoms with Crippen molar-refractivity contribution < 1.29 is 4.79 Å². The minimum atomic E-state index is 0.0788. The summed E-state index contributed by atoms with van der Waals surface area (Å²) in [5, 5.41) is 0. The van der Waals surface area contributed by atoms with Gasteiger partial charge in [-0.05, 0) is 32.9 Å². The maximum Gasteiger partial charge on any atom is 0.237 e. The van der Waals surface area contributed by atoms with Crippen LogP contribution in [0.4, 0.5) is 0 Å². The highest BCUT2D eigenvalue weighted by atomic mass is 35.5. The van der Waals surface area contributed by atoms with Crippen LogP contribution >= 0.6 is 11.6 Å². The Morgan fingerprint density at radius 3 is 2.86 bits per heavy atom. The second kappa shape index (κ2) is 5.56. The molecule has 4 heteroatoms. The molecule has 1 unspecified atom stereocenters. The predicted molar refractivity (Wildman–Crippen MR) is 58.6 cm³/mol. The maximum atomic E-state index is 11.4. The first-order chi connectivity index (χ1) is 6.63. The Morgan fingerprint density at radius 2 is 2.29 bits per heavy atom. The minimum absolute atomic E-state index is 0.0788. The maximum absolute atomic E-state index is 11.4. The standard InChI is InChI=1S/C10H19ClN2O/c1-12(2)7-9-4-3-5-13(8-9)10(14)6-11/h9H,3-8H2,1-2H3. The predicted octanol–water partition coefficient (Wildman–Crippen LogP) is 1.03. The third kappa shape index (κ3) is 3.46. The fourth-order valence-corrected chi connectivity index (χ4v) is 2.21. The number of nitrogens with zero attached hydrogens (tertiary/aromatic N) is 2. The molecule has 1 aliphatic rings. The van der Waals surface area contributed by atoms with E-state index < -0.39 is 0 Å². The number of carbonyl (C=O) groups excluding carboxylic acids is 1. The molecular formula is C10H19ClN2O. The van der Waals surface area contributed by atoms with Gasteiger partial charge < -0.3 is 9.80 Å². The van der Waals surface area contributed by atoms with Crippen LogP contribution in [0.5, 0.6) is 0 Å². The largest absolute Gasteiger partial charge is 0.341 e. The van der Waals surface area contributed by atoms with E-state index in [1.165, 1.54) is 6.42 Å². The zero-order chi connectivity index (χ0) is 10.6. The molecule has 0 radical (unpaired) electrons. The molecule has 1 amide bonds. The van der Waals surface area contributed by atoms with Gasteiger partial charge in [-0.3, -0.25) is 4.79 Å². The molecular weight excluding hydrogens is 200 g/mol. The summed E-state index contributed by atoms with van der Waals surface area (Å²) in [6.45, 7) is 2.82. The van der Waals surface area contributed by atoms with E-state index in [1.807, 2.05) is 4.90 Å². The molecule has 0 N–H and O–H groups in total. The van der Waals surface area contributed by atoms with Gasteiger partial charge in [0.25, 0.3) is 0 Å². The molecule has 1 heterocycles. The first kappa shape index (κ1) is 11.8. The number of carbonyl (C=O) groups is 1. The zero-order valence-corrected chi connectivity index (χ0v) is 9.76. The van der Waals surface area contributed by atoms with Gasteiger partial charge in [0.05, 0.1) is 0 Å². The Morgan fingerprint density at radius 1 is 1.57 bits per heavy atom. The van der Waals surface area contributed by atoms with Crippen molar-refractivity contribution in [2.75, 3.05) is 39.6 Å². The number of piperidine rings is 1. The number of amides is 1. The quantitative estimate of drug-likeness (QED) is 0.661. The summed E-state index contributed by atoms with van der Waals surface area (Å²) in [6, 6.07) is 0. The molecule has 0 spiro atoms. The first-order valence-corrected chi connectivity index (χ1v) is 5.65. The number of likely N-dealkylation sites (tertiary alicyclic amines) is 1. The number of hydrogen-bond donors (Lipinski definition) is 0. The summed E-state index contributed by atoms with van der Waals surface area (Å²) in [5.41, 5.74) is 0. The van der Waals surface area contributed by atoms with Crippen molar-refractivity contribution in [2.45, 2.75) is 12.8 Å². The van der Waals surface area contributed by atoms with Gasteiger partial charge in [0, 0.05) is 19.6 Å². The molecule has 14 heavy (non-hydrogen) atoms. The molecule has 0 bridgehead atoms. The minimum Gasteiger partial charge on any atom is -0.341 e. The van der Waals surface area contributed by atoms with Crippen molar-refractivity contribution in [1.29, 1.82) is 0 Å². The van der Waals surface area contributed by atoms with E-state index in [0.29, 0.717) is 5.92 Å². The second-order valence-corrected chi connectivity index (χ2v) is 4.51. The third-order valence-corrected chi connectivity index (χ3v) is 2.84. The van der Waals surface area contributed by atoms with E-state index in [2.05, 4.69) is 19.0 Å². The van der Waals surface area contributed by atoms with Gasteiger partial charge in [0.1, 0.15) is 5.88 Å². The zero-order valence-electron chi connectivity index (χ0n) is 9.00. The highest BCUT2D eigenvalue weighted by Gasteiger charge is 2.22. The summed E-state index contributed by atoms with van der Waals surface area (Å²) in [5.74, 6) is 0.815. The van der Waals surface area contributed by atoms with Gasteiger partial charge in [0.15, 0.2) is 0 Å². The Labute approximate surface area is 91.0 Å². The van der Waals surface area contributed by atoms with E-state index in [0.717, 1.165) is 26.1 Å². The lowest BCUT2D eigenvalue weighted by atomic mass is 9.98. The Balaban J connectivity index is 2.39. The van der Waals surface area contributed by atoms with Crippen molar-refractivity contribution >= 4 is 17.5 Å². The number of alkyl halides is 1. The average Bonchev–Trinajstić information content (AvgIpc) is 2.16. The van der Waals surface area contributed by atoms with Crippen LogP contribution in [0.1, 0.15) is 12.8 Å². The van der Waals surface area contributed by atoms with Crippen LogP contribution in [0.2, 0.25) is 0 Å². The van der Waals surface area contributed by atoms with Gasteiger partial charge in [-0.2, -0.15) is 0 Å². The SMILES string of the molecule is CN(C)CC1CCCN(C(=O)CCl)C1. The van der Waals surface area contributed by atoms with Crippen LogP contribution in [0.3, 0.4) is 0 Å². The number of halogens is 1. The van der Waals surface area contributed by atoms with Crippen molar-refractivity contribution in [3.05, 3.63) is 0 Å². The summed E-state index contributed by atoms with van der Waals surface area (Å²) >= 11 is 5.54. The Bertz CT molecular complexity index is 197. The molecule has 0 saturated carbocycles. The summed E-state index contributed by atoms with van der Waals surface area (Å²) in [6.07, 6.45) is 2.34. The van der Waals surface area contributed by atoms with E-state index in [4.69, 9.17) is 11.6 Å². The highest BCUT2D eigenvalue weighted by molar-refractivity contribution is 6.27. The summed E-state index contributed by atoms with van der Waals surface area (Å²) in [4.78, 5) is 15.5. The van der Waals surface area contributed by atoms with Crippen LogP contribution in [-0.4, -0.2) is 55.3 Å². The highest BCUT2D eigenvalue weighted by Crippen LogP contribution is 2.17. The molecule has 0 aromatic heterocycles. The molecule has 1 rings (SSSR count). The Kier molecular flexibility index (Phi) is 4.69. The van der Waals surface area contributed by atoms with Gasteiger partial charge >= 0.3 is 0 Å². The van der Waals surface area contributed by atoms with Crippen LogP contribution in [0, 0.1) is 5.92 Å². The van der Waals surface area contributed by atoms with E-state index in [-0.39, 0.29) is 11.8 Å². The van der Waals surface area contributed by atoms with Crippen LogP contribution in [0.25, 0.3) is 0 Å². The van der Waals surface area contributed by atoms with E-state index in [9.17, 15) is 4.79 Å². The van der Waals surface area contributed by atoms with Gasteiger partial charge in [-0.1, -0.05) is 0 Å². The van der Waals surface area contributed by atoms with E-state index >= 15 is 0 Å². The number of rotatable bonds is 3. The van der Waals surface area contributed by atoms with Crippen molar-refractivity contribution in [1.82, 2.24) is 9.80 Å². The first-order valence-electron chi connectivity index (χ1n) is 5.12. The molecule has 1 aliphatic heterocycles. The molecule has 0 aromatic rings. The lowest BCUT2D eigenvalue weighted by Gasteiger charge is -2.33. The molecule has 3 nitrogen and oxygen atoms in total. The van der Waals surface area contributed by atoms with Crippen LogP contribution in [0.15, 0.2) is 0 Å². The monoisotopic (exact) mass is 218 g/mol. The van der Waals surface area contributed by atoms with Crippen molar-refractivity contribution in [3.8, 4) is 0 Å². The van der Waals surface area contributed by atoms with Crippen molar-refractivity contribution in [2.24, 2.45) is 5.92 Å². The normalized spacial score (nSPS) is 22.9. The molecule has 1 fully saturated rings. The Hall–Kier alpha value is -0.280. The van der Waals surface area contributed by atoms with Crippen LogP contribution < -0.4 is 0 Å². The van der Waals surface area contributed by atoms with Crippen LogP contribution in [-0.2, 0) is 4.79 Å². The topological polar surface area (TPSA) is 23.6 Å². The molecule has 1 saturated heterocycles. The summed E-state index contributed by atoms with van der Waals surface area (Å²) in [7, 11) is 4.14.